The summed E-state index contributed by atoms with van der Waals surface area (Å²) in [6, 6.07) is 2.33. The van der Waals surface area contributed by atoms with Crippen LogP contribution in [0.15, 0.2) is 16.6 Å². The van der Waals surface area contributed by atoms with E-state index in [1.807, 2.05) is 0 Å². The molecule has 7 heteroatoms. The molecule has 0 aromatic heterocycles. The summed E-state index contributed by atoms with van der Waals surface area (Å²) in [4.78, 5) is 12.3. The molecule has 21 heavy (non-hydrogen) atoms. The highest BCUT2D eigenvalue weighted by Crippen LogP contribution is 2.40. The first-order valence-corrected chi connectivity index (χ1v) is 7.52. The molecule has 0 bridgehead atoms. The molecule has 1 amide bonds. The lowest BCUT2D eigenvalue weighted by molar-refractivity contribution is 0.142. The Morgan fingerprint density at radius 2 is 1.76 bits per heavy atom. The van der Waals surface area contributed by atoms with Crippen LogP contribution < -0.4 is 4.74 Å². The number of rotatable bonds is 2. The summed E-state index contributed by atoms with van der Waals surface area (Å²) in [5.74, 6) is -1.38. The second kappa shape index (κ2) is 5.44. The number of carboxylic acid groups (broad SMARTS) is 1. The van der Waals surface area contributed by atoms with Gasteiger partial charge in [0.05, 0.1) is 6.10 Å². The van der Waals surface area contributed by atoms with Crippen LogP contribution in [0.1, 0.15) is 12.8 Å². The van der Waals surface area contributed by atoms with Crippen LogP contribution in [0.4, 0.5) is 13.6 Å². The number of ether oxygens (including phenoxy) is 1. The Bertz CT molecular complexity index is 546. The normalized spacial score (nSPS) is 27.8. The highest BCUT2D eigenvalue weighted by Gasteiger charge is 2.43. The van der Waals surface area contributed by atoms with Gasteiger partial charge in [0.15, 0.2) is 17.4 Å². The zero-order chi connectivity index (χ0) is 15.1. The van der Waals surface area contributed by atoms with E-state index >= 15 is 0 Å². The van der Waals surface area contributed by atoms with Crippen LogP contribution in [0.3, 0.4) is 0 Å². The van der Waals surface area contributed by atoms with E-state index in [0.29, 0.717) is 30.4 Å². The Balaban J connectivity index is 1.66. The van der Waals surface area contributed by atoms with E-state index < -0.39 is 17.7 Å². The minimum Gasteiger partial charge on any atom is -0.484 e. The van der Waals surface area contributed by atoms with Crippen molar-refractivity contribution in [2.75, 3.05) is 13.1 Å². The maximum absolute atomic E-state index is 13.7. The Morgan fingerprint density at radius 1 is 1.24 bits per heavy atom. The quantitative estimate of drug-likeness (QED) is 0.876. The molecule has 1 saturated heterocycles. The van der Waals surface area contributed by atoms with Crippen LogP contribution in [-0.2, 0) is 0 Å². The topological polar surface area (TPSA) is 49.8 Å². The minimum absolute atomic E-state index is 0.215. The van der Waals surface area contributed by atoms with Gasteiger partial charge in [0.25, 0.3) is 0 Å². The zero-order valence-electron chi connectivity index (χ0n) is 11.1. The summed E-state index contributed by atoms with van der Waals surface area (Å²) >= 11 is 3.02. The SMILES string of the molecule is O=C(O)N1C[C@H]2CC(Oc3c(F)cc(Br)cc3F)C[C@H]2C1. The fourth-order valence-electron chi connectivity index (χ4n) is 3.30. The molecule has 1 unspecified atom stereocenters. The highest BCUT2D eigenvalue weighted by molar-refractivity contribution is 9.10. The number of hydrogen-bond acceptors (Lipinski definition) is 2. The molecule has 3 atom stereocenters. The van der Waals surface area contributed by atoms with E-state index in [0.717, 1.165) is 0 Å². The van der Waals surface area contributed by atoms with Gasteiger partial charge in [-0.15, -0.1) is 0 Å². The first-order chi connectivity index (χ1) is 9.94. The first kappa shape index (κ1) is 14.6. The summed E-state index contributed by atoms with van der Waals surface area (Å²) in [5.41, 5.74) is 0. The number of hydrogen-bond donors (Lipinski definition) is 1. The Labute approximate surface area is 128 Å². The summed E-state index contributed by atoms with van der Waals surface area (Å²) in [6.07, 6.45) is 0.0836. The number of nitrogens with zero attached hydrogens (tertiary/aromatic N) is 1. The van der Waals surface area contributed by atoms with Gasteiger partial charge in [-0.25, -0.2) is 13.6 Å². The van der Waals surface area contributed by atoms with Crippen molar-refractivity contribution in [2.24, 2.45) is 11.8 Å². The lowest BCUT2D eigenvalue weighted by atomic mass is 10.0. The van der Waals surface area contributed by atoms with Gasteiger partial charge in [-0.2, -0.15) is 0 Å². The van der Waals surface area contributed by atoms with Gasteiger partial charge in [0.1, 0.15) is 0 Å². The number of halogens is 3. The molecule has 0 spiro atoms. The molecule has 1 N–H and O–H groups in total. The monoisotopic (exact) mass is 361 g/mol. The molecule has 1 aromatic carbocycles. The average molecular weight is 362 g/mol. The maximum atomic E-state index is 13.7. The van der Waals surface area contributed by atoms with Crippen molar-refractivity contribution in [3.05, 3.63) is 28.2 Å². The van der Waals surface area contributed by atoms with E-state index in [4.69, 9.17) is 9.84 Å². The summed E-state index contributed by atoms with van der Waals surface area (Å²) in [7, 11) is 0. The van der Waals surface area contributed by atoms with Gasteiger partial charge in [0, 0.05) is 17.6 Å². The summed E-state index contributed by atoms with van der Waals surface area (Å²) in [6.45, 7) is 0.955. The van der Waals surface area contributed by atoms with Crippen molar-refractivity contribution >= 4 is 22.0 Å². The second-order valence-electron chi connectivity index (χ2n) is 5.62. The van der Waals surface area contributed by atoms with Gasteiger partial charge in [-0.1, -0.05) is 15.9 Å². The molecule has 1 saturated carbocycles. The summed E-state index contributed by atoms with van der Waals surface area (Å²) in [5, 5.41) is 8.96. The molecule has 1 aliphatic carbocycles. The van der Waals surface area contributed by atoms with E-state index in [1.165, 1.54) is 17.0 Å². The van der Waals surface area contributed by atoms with E-state index in [1.54, 1.807) is 0 Å². The van der Waals surface area contributed by atoms with Crippen molar-refractivity contribution in [2.45, 2.75) is 18.9 Å². The second-order valence-corrected chi connectivity index (χ2v) is 6.53. The lowest BCUT2D eigenvalue weighted by Gasteiger charge is -2.18. The standard InChI is InChI=1S/C14H14BrF2NO3/c15-9-3-11(16)13(12(17)4-9)21-10-1-7-5-18(14(19)20)6-8(7)2-10/h3-4,7-8,10H,1-2,5-6H2,(H,19,20)/t7-,8+,10?. The smallest absolute Gasteiger partial charge is 0.407 e. The largest absolute Gasteiger partial charge is 0.484 e. The molecule has 3 rings (SSSR count). The lowest BCUT2D eigenvalue weighted by Crippen LogP contribution is -2.29. The third-order valence-electron chi connectivity index (χ3n) is 4.23. The van der Waals surface area contributed by atoms with E-state index in [2.05, 4.69) is 15.9 Å². The van der Waals surface area contributed by atoms with Crippen molar-refractivity contribution < 1.29 is 23.4 Å². The van der Waals surface area contributed by atoms with Gasteiger partial charge in [-0.3, -0.25) is 0 Å². The maximum Gasteiger partial charge on any atom is 0.407 e. The van der Waals surface area contributed by atoms with E-state index in [-0.39, 0.29) is 23.7 Å². The molecule has 1 heterocycles. The molecule has 1 aliphatic heterocycles. The summed E-state index contributed by atoms with van der Waals surface area (Å²) < 4.78 is 33.3. The Hall–Kier alpha value is -1.37. The third kappa shape index (κ3) is 2.84. The van der Waals surface area contributed by atoms with Crippen molar-refractivity contribution in [3.63, 3.8) is 0 Å². The van der Waals surface area contributed by atoms with Gasteiger partial charge in [0.2, 0.25) is 0 Å². The molecular formula is C14H14BrF2NO3. The number of amides is 1. The van der Waals surface area contributed by atoms with Crippen LogP contribution in [-0.4, -0.2) is 35.3 Å². The van der Waals surface area contributed by atoms with Gasteiger partial charge < -0.3 is 14.7 Å². The van der Waals surface area contributed by atoms with Crippen LogP contribution in [0, 0.1) is 23.5 Å². The van der Waals surface area contributed by atoms with Gasteiger partial charge in [-0.05, 0) is 36.8 Å². The zero-order valence-corrected chi connectivity index (χ0v) is 12.6. The predicted octanol–water partition coefficient (Wildman–Crippen LogP) is 3.49. The molecular weight excluding hydrogens is 348 g/mol. The molecule has 2 fully saturated rings. The molecule has 0 radical (unpaired) electrons. The number of carbonyl (C=O) groups is 1. The minimum atomic E-state index is -0.910. The van der Waals surface area contributed by atoms with Crippen LogP contribution in [0.5, 0.6) is 5.75 Å². The number of benzene rings is 1. The molecule has 114 valence electrons. The fourth-order valence-corrected chi connectivity index (χ4v) is 3.71. The van der Waals surface area contributed by atoms with Crippen molar-refractivity contribution in [1.82, 2.24) is 4.90 Å². The Kier molecular flexibility index (Phi) is 3.77. The molecule has 2 aliphatic rings. The average Bonchev–Trinajstić information content (AvgIpc) is 2.91. The van der Waals surface area contributed by atoms with Crippen LogP contribution in [0.2, 0.25) is 0 Å². The van der Waals surface area contributed by atoms with Crippen molar-refractivity contribution in [1.29, 1.82) is 0 Å². The molecule has 1 aromatic rings. The van der Waals surface area contributed by atoms with Gasteiger partial charge >= 0.3 is 6.09 Å². The Morgan fingerprint density at radius 3 is 2.24 bits per heavy atom. The van der Waals surface area contributed by atoms with Crippen LogP contribution in [0.25, 0.3) is 0 Å². The number of fused-ring (bicyclic) bond motifs is 1. The first-order valence-electron chi connectivity index (χ1n) is 6.73. The van der Waals surface area contributed by atoms with E-state index in [9.17, 15) is 13.6 Å². The fraction of sp³-hybridized carbons (Fsp3) is 0.500. The van der Waals surface area contributed by atoms with Crippen molar-refractivity contribution in [3.8, 4) is 5.75 Å². The predicted molar refractivity (Wildman–Crippen MR) is 74.3 cm³/mol. The molecule has 4 nitrogen and oxygen atoms in total. The highest BCUT2D eigenvalue weighted by atomic mass is 79.9. The van der Waals surface area contributed by atoms with Crippen LogP contribution >= 0.6 is 15.9 Å². The number of likely N-dealkylation sites (tertiary alicyclic amines) is 1. The third-order valence-corrected chi connectivity index (χ3v) is 4.68.